The van der Waals surface area contributed by atoms with E-state index in [0.29, 0.717) is 4.90 Å². The van der Waals surface area contributed by atoms with E-state index < -0.39 is 13.1 Å². The molecule has 0 unspecified atom stereocenters. The monoisotopic (exact) mass is 202 g/mol. The second-order valence-electron chi connectivity index (χ2n) is 2.24. The van der Waals surface area contributed by atoms with Crippen molar-refractivity contribution in [1.82, 2.24) is 0 Å². The van der Waals surface area contributed by atoms with Crippen LogP contribution in [0.1, 0.15) is 0 Å². The Bertz CT molecular complexity index is 295. The molecule has 1 rings (SSSR count). The van der Waals surface area contributed by atoms with E-state index in [1.165, 1.54) is 23.9 Å². The van der Waals surface area contributed by atoms with E-state index in [1.54, 1.807) is 6.26 Å². The summed E-state index contributed by atoms with van der Waals surface area (Å²) >= 11 is 1.33. The fraction of sp³-hybridized carbons (Fsp3) is 0.143. The third kappa shape index (κ3) is 2.91. The number of rotatable bonds is 3. The van der Waals surface area contributed by atoms with Crippen LogP contribution in [0.2, 0.25) is 0 Å². The highest BCUT2D eigenvalue weighted by Gasteiger charge is 2.14. The normalized spacial score (nSPS) is 9.85. The van der Waals surface area contributed by atoms with Gasteiger partial charge in [0.25, 0.3) is 0 Å². The van der Waals surface area contributed by atoms with E-state index in [0.717, 1.165) is 6.07 Å². The summed E-state index contributed by atoms with van der Waals surface area (Å²) in [5, 5.41) is 17.0. The lowest BCUT2D eigenvalue weighted by Gasteiger charge is -2.08. The molecule has 0 amide bonds. The van der Waals surface area contributed by atoms with Crippen LogP contribution in [0.4, 0.5) is 4.39 Å². The van der Waals surface area contributed by atoms with E-state index in [9.17, 15) is 4.39 Å². The Morgan fingerprint density at radius 3 is 2.69 bits per heavy atom. The van der Waals surface area contributed by atoms with Gasteiger partial charge in [0, 0.05) is 11.0 Å². The Balaban J connectivity index is 2.94. The Labute approximate surface area is 79.7 Å². The second-order valence-corrected chi connectivity index (χ2v) is 3.09. The van der Waals surface area contributed by atoms with Gasteiger partial charge in [-0.25, -0.2) is 4.39 Å². The molecule has 1 aromatic rings. The summed E-state index contributed by atoms with van der Waals surface area (Å²) in [6, 6.07) is 3.89. The van der Waals surface area contributed by atoms with E-state index in [1.807, 2.05) is 0 Å². The first-order valence-electron chi connectivity index (χ1n) is 3.50. The molecule has 0 saturated carbocycles. The Morgan fingerprint density at radius 2 is 2.15 bits per heavy atom. The average molecular weight is 202 g/mol. The van der Waals surface area contributed by atoms with Crippen molar-refractivity contribution in [1.29, 1.82) is 0 Å². The molecule has 0 fully saturated rings. The minimum Gasteiger partial charge on any atom is -0.511 e. The zero-order valence-electron chi connectivity index (χ0n) is 6.90. The maximum absolute atomic E-state index is 12.7. The van der Waals surface area contributed by atoms with Crippen LogP contribution in [0.15, 0.2) is 23.1 Å². The Kier molecular flexibility index (Phi) is 3.59. The molecule has 0 spiro atoms. The van der Waals surface area contributed by atoms with Gasteiger partial charge in [0.15, 0.2) is 0 Å². The van der Waals surface area contributed by atoms with Gasteiger partial charge in [-0.2, -0.15) is 0 Å². The number of hydrogen-bond acceptors (Lipinski definition) is 4. The van der Waals surface area contributed by atoms with Crippen LogP contribution in [0.3, 0.4) is 0 Å². The molecular weight excluding hydrogens is 194 g/mol. The minimum atomic E-state index is -1.92. The molecule has 13 heavy (non-hydrogen) atoms. The summed E-state index contributed by atoms with van der Waals surface area (Å²) in [6.07, 6.45) is 1.78. The van der Waals surface area contributed by atoms with Crippen molar-refractivity contribution in [3.63, 3.8) is 0 Å². The van der Waals surface area contributed by atoms with Crippen LogP contribution in [0.25, 0.3) is 0 Å². The topological polar surface area (TPSA) is 49.7 Å². The largest absolute Gasteiger partial charge is 0.707 e. The highest BCUT2D eigenvalue weighted by Crippen LogP contribution is 2.28. The van der Waals surface area contributed by atoms with Crippen molar-refractivity contribution in [3.8, 4) is 5.75 Å². The first-order valence-corrected chi connectivity index (χ1v) is 4.72. The Morgan fingerprint density at radius 1 is 1.46 bits per heavy atom. The highest BCUT2D eigenvalue weighted by atomic mass is 32.2. The summed E-state index contributed by atoms with van der Waals surface area (Å²) < 4.78 is 17.2. The maximum Gasteiger partial charge on any atom is 0.707 e. The van der Waals surface area contributed by atoms with Crippen molar-refractivity contribution >= 4 is 19.1 Å². The van der Waals surface area contributed by atoms with Gasteiger partial charge in [0.1, 0.15) is 11.6 Å². The van der Waals surface area contributed by atoms with E-state index in [4.69, 9.17) is 10.0 Å². The maximum atomic E-state index is 12.7. The summed E-state index contributed by atoms with van der Waals surface area (Å²) in [5.74, 6) is -0.351. The summed E-state index contributed by atoms with van der Waals surface area (Å²) in [7, 11) is -1.92. The number of benzene rings is 1. The first-order chi connectivity index (χ1) is 6.13. The molecule has 0 aliphatic heterocycles. The van der Waals surface area contributed by atoms with Crippen LogP contribution in [-0.4, -0.2) is 23.6 Å². The lowest BCUT2D eigenvalue weighted by Crippen LogP contribution is -2.20. The van der Waals surface area contributed by atoms with E-state index >= 15 is 0 Å². The second kappa shape index (κ2) is 4.50. The number of hydrogen-bond donors (Lipinski definition) is 2. The van der Waals surface area contributed by atoms with Crippen molar-refractivity contribution in [3.05, 3.63) is 24.0 Å². The van der Waals surface area contributed by atoms with Gasteiger partial charge in [-0.1, -0.05) is 0 Å². The van der Waals surface area contributed by atoms with Crippen molar-refractivity contribution in [2.75, 3.05) is 6.26 Å². The number of thioether (sulfide) groups is 1. The van der Waals surface area contributed by atoms with Crippen LogP contribution < -0.4 is 4.65 Å². The van der Waals surface area contributed by atoms with Crippen LogP contribution in [0, 0.1) is 5.82 Å². The van der Waals surface area contributed by atoms with Gasteiger partial charge < -0.3 is 14.7 Å². The zero-order valence-corrected chi connectivity index (χ0v) is 7.71. The van der Waals surface area contributed by atoms with Crippen molar-refractivity contribution in [2.24, 2.45) is 0 Å². The third-order valence-electron chi connectivity index (χ3n) is 1.36. The molecule has 1 aromatic carbocycles. The van der Waals surface area contributed by atoms with Crippen LogP contribution in [-0.2, 0) is 0 Å². The molecule has 0 aliphatic carbocycles. The van der Waals surface area contributed by atoms with Gasteiger partial charge in [0.2, 0.25) is 0 Å². The van der Waals surface area contributed by atoms with E-state index in [-0.39, 0.29) is 5.75 Å². The predicted octanol–water partition coefficient (Wildman–Crippen LogP) is 0.896. The molecule has 70 valence electrons. The summed E-state index contributed by atoms with van der Waals surface area (Å²) in [4.78, 5) is 0.648. The molecule has 0 atom stereocenters. The van der Waals surface area contributed by atoms with Gasteiger partial charge in [-0.3, -0.25) is 0 Å². The van der Waals surface area contributed by atoms with Crippen molar-refractivity contribution in [2.45, 2.75) is 4.90 Å². The van der Waals surface area contributed by atoms with Gasteiger partial charge in [0.05, 0.1) is 0 Å². The van der Waals surface area contributed by atoms with Crippen LogP contribution in [0.5, 0.6) is 5.75 Å². The Hall–Kier alpha value is -0.715. The standard InChI is InChI=1S/C7H8BFO3S/c1-13-7-3-2-5(9)4-6(7)12-8(10)11/h2-4,10-11H,1H3. The highest BCUT2D eigenvalue weighted by molar-refractivity contribution is 7.98. The SMILES string of the molecule is CSc1ccc(F)cc1OB(O)O. The predicted molar refractivity (Wildman–Crippen MR) is 49.0 cm³/mol. The van der Waals surface area contributed by atoms with Gasteiger partial charge in [-0.15, -0.1) is 11.8 Å². The molecule has 0 aromatic heterocycles. The fourth-order valence-electron chi connectivity index (χ4n) is 0.856. The summed E-state index contributed by atoms with van der Waals surface area (Å²) in [5.41, 5.74) is 0. The average Bonchev–Trinajstić information content (AvgIpc) is 2.03. The van der Waals surface area contributed by atoms with Crippen molar-refractivity contribution < 1.29 is 19.1 Å². The quantitative estimate of drug-likeness (QED) is 0.564. The van der Waals surface area contributed by atoms with Gasteiger partial charge in [-0.05, 0) is 18.4 Å². The minimum absolute atomic E-state index is 0.127. The molecule has 0 bridgehead atoms. The smallest absolute Gasteiger partial charge is 0.511 e. The van der Waals surface area contributed by atoms with Crippen LogP contribution >= 0.6 is 11.8 Å². The van der Waals surface area contributed by atoms with Gasteiger partial charge >= 0.3 is 7.32 Å². The lowest BCUT2D eigenvalue weighted by molar-refractivity contribution is 0.284. The molecular formula is C7H8BFO3S. The summed E-state index contributed by atoms with van der Waals surface area (Å²) in [6.45, 7) is 0. The molecule has 0 saturated heterocycles. The lowest BCUT2D eigenvalue weighted by atomic mass is 10.2. The third-order valence-corrected chi connectivity index (χ3v) is 2.14. The number of halogens is 1. The molecule has 3 nitrogen and oxygen atoms in total. The first kappa shape index (κ1) is 10.4. The molecule has 2 N–H and O–H groups in total. The molecule has 0 aliphatic rings. The molecule has 6 heteroatoms. The van der Waals surface area contributed by atoms with E-state index in [2.05, 4.69) is 4.65 Å². The fourth-order valence-corrected chi connectivity index (χ4v) is 1.37. The molecule has 0 heterocycles. The zero-order chi connectivity index (χ0) is 9.84. The molecule has 0 radical (unpaired) electrons.